The van der Waals surface area contributed by atoms with Crippen LogP contribution < -0.4 is 21.7 Å². The standard InChI is InChI=1S/C14H20N4O2.ClH/c15-14(20)18-12-5-1-4-11(7-12)13(19)17-9-10-3-2-6-16-8-10;/h1,4-5,7,10,16H,2-3,6,8-9H2,(H,17,19)(H3,15,18,20);1H. The van der Waals surface area contributed by atoms with E-state index in [1.807, 2.05) is 0 Å². The van der Waals surface area contributed by atoms with Crippen LogP contribution in [0.5, 0.6) is 0 Å². The Morgan fingerprint density at radius 3 is 2.86 bits per heavy atom. The first kappa shape index (κ1) is 17.3. The van der Waals surface area contributed by atoms with Crippen molar-refractivity contribution in [2.45, 2.75) is 12.8 Å². The fraction of sp³-hybridized carbons (Fsp3) is 0.429. The molecule has 1 unspecified atom stereocenters. The number of urea groups is 1. The second-order valence-electron chi connectivity index (χ2n) is 4.99. The SMILES string of the molecule is Cl.NC(=O)Nc1cccc(C(=O)NCC2CCCNC2)c1. The van der Waals surface area contributed by atoms with Crippen LogP contribution in [0.1, 0.15) is 23.2 Å². The minimum absolute atomic E-state index is 0. The van der Waals surface area contributed by atoms with E-state index >= 15 is 0 Å². The average Bonchev–Trinajstić information content (AvgIpc) is 2.45. The minimum atomic E-state index is -0.643. The second kappa shape index (κ2) is 8.49. The number of carbonyl (C=O) groups excluding carboxylic acids is 2. The Hall–Kier alpha value is -1.79. The van der Waals surface area contributed by atoms with Crippen molar-refractivity contribution in [3.8, 4) is 0 Å². The molecular weight excluding hydrogens is 292 g/mol. The van der Waals surface area contributed by atoms with Gasteiger partial charge in [0.05, 0.1) is 0 Å². The van der Waals surface area contributed by atoms with Crippen molar-refractivity contribution in [2.75, 3.05) is 25.0 Å². The van der Waals surface area contributed by atoms with Gasteiger partial charge in [0, 0.05) is 17.8 Å². The fourth-order valence-electron chi connectivity index (χ4n) is 2.32. The molecule has 0 saturated carbocycles. The van der Waals surface area contributed by atoms with Crippen molar-refractivity contribution in [1.29, 1.82) is 0 Å². The van der Waals surface area contributed by atoms with E-state index in [0.29, 0.717) is 23.7 Å². The summed E-state index contributed by atoms with van der Waals surface area (Å²) in [5.41, 5.74) is 6.08. The maximum absolute atomic E-state index is 12.0. The van der Waals surface area contributed by atoms with Gasteiger partial charge < -0.3 is 21.7 Å². The highest BCUT2D eigenvalue weighted by atomic mass is 35.5. The molecular formula is C14H21ClN4O2. The van der Waals surface area contributed by atoms with Crippen LogP contribution in [0.4, 0.5) is 10.5 Å². The van der Waals surface area contributed by atoms with Crippen LogP contribution in [-0.4, -0.2) is 31.6 Å². The molecule has 2 rings (SSSR count). The predicted molar refractivity (Wildman–Crippen MR) is 84.8 cm³/mol. The zero-order valence-corrected chi connectivity index (χ0v) is 12.5. The number of benzene rings is 1. The molecule has 3 amide bonds. The van der Waals surface area contributed by atoms with Gasteiger partial charge in [-0.2, -0.15) is 0 Å². The van der Waals surface area contributed by atoms with Crippen molar-refractivity contribution >= 4 is 30.0 Å². The summed E-state index contributed by atoms with van der Waals surface area (Å²) in [5, 5.41) is 8.70. The normalized spacial score (nSPS) is 17.4. The van der Waals surface area contributed by atoms with Gasteiger partial charge in [-0.05, 0) is 50.0 Å². The molecule has 0 radical (unpaired) electrons. The largest absolute Gasteiger partial charge is 0.352 e. The van der Waals surface area contributed by atoms with Crippen LogP contribution in [0.3, 0.4) is 0 Å². The quantitative estimate of drug-likeness (QED) is 0.675. The first-order valence-corrected chi connectivity index (χ1v) is 6.80. The number of amides is 3. The van der Waals surface area contributed by atoms with Gasteiger partial charge in [0.2, 0.25) is 0 Å². The number of primary amides is 1. The van der Waals surface area contributed by atoms with Gasteiger partial charge in [-0.25, -0.2) is 4.79 Å². The summed E-state index contributed by atoms with van der Waals surface area (Å²) in [6, 6.07) is 6.07. The van der Waals surface area contributed by atoms with E-state index in [-0.39, 0.29) is 18.3 Å². The van der Waals surface area contributed by atoms with Gasteiger partial charge in [0.1, 0.15) is 0 Å². The Balaban J connectivity index is 0.00000220. The number of hydrogen-bond donors (Lipinski definition) is 4. The molecule has 0 aliphatic carbocycles. The predicted octanol–water partition coefficient (Wildman–Crippen LogP) is 1.33. The van der Waals surface area contributed by atoms with Crippen LogP contribution >= 0.6 is 12.4 Å². The van der Waals surface area contributed by atoms with Crippen LogP contribution in [0.2, 0.25) is 0 Å². The first-order valence-electron chi connectivity index (χ1n) is 6.80. The smallest absolute Gasteiger partial charge is 0.316 e. The van der Waals surface area contributed by atoms with Crippen molar-refractivity contribution in [3.63, 3.8) is 0 Å². The Kier molecular flexibility index (Phi) is 6.98. The Morgan fingerprint density at radius 2 is 2.19 bits per heavy atom. The van der Waals surface area contributed by atoms with Gasteiger partial charge in [-0.1, -0.05) is 6.07 Å². The van der Waals surface area contributed by atoms with Gasteiger partial charge in [0.15, 0.2) is 0 Å². The summed E-state index contributed by atoms with van der Waals surface area (Å²) in [6.45, 7) is 2.67. The summed E-state index contributed by atoms with van der Waals surface area (Å²) in [6.07, 6.45) is 2.29. The van der Waals surface area contributed by atoms with Crippen molar-refractivity contribution in [1.82, 2.24) is 10.6 Å². The highest BCUT2D eigenvalue weighted by molar-refractivity contribution is 5.96. The number of rotatable bonds is 4. The fourth-order valence-corrected chi connectivity index (χ4v) is 2.32. The van der Waals surface area contributed by atoms with E-state index in [2.05, 4.69) is 16.0 Å². The number of piperidine rings is 1. The number of nitrogens with one attached hydrogen (secondary N) is 3. The highest BCUT2D eigenvalue weighted by Gasteiger charge is 2.14. The molecule has 21 heavy (non-hydrogen) atoms. The van der Waals surface area contributed by atoms with Crippen LogP contribution in [0.25, 0.3) is 0 Å². The zero-order chi connectivity index (χ0) is 14.4. The molecule has 1 fully saturated rings. The lowest BCUT2D eigenvalue weighted by Crippen LogP contribution is -2.38. The lowest BCUT2D eigenvalue weighted by Gasteiger charge is -2.22. The number of hydrogen-bond acceptors (Lipinski definition) is 3. The van der Waals surface area contributed by atoms with Crippen LogP contribution in [-0.2, 0) is 0 Å². The molecule has 6 nitrogen and oxygen atoms in total. The zero-order valence-electron chi connectivity index (χ0n) is 11.7. The second-order valence-corrected chi connectivity index (χ2v) is 4.99. The third-order valence-electron chi connectivity index (χ3n) is 3.34. The molecule has 116 valence electrons. The molecule has 0 aromatic heterocycles. The third-order valence-corrected chi connectivity index (χ3v) is 3.34. The molecule has 1 saturated heterocycles. The molecule has 1 aliphatic heterocycles. The van der Waals surface area contributed by atoms with E-state index in [1.165, 1.54) is 0 Å². The molecule has 0 spiro atoms. The lowest BCUT2D eigenvalue weighted by molar-refractivity contribution is 0.0945. The maximum atomic E-state index is 12.0. The van der Waals surface area contributed by atoms with Crippen LogP contribution in [0, 0.1) is 5.92 Å². The lowest BCUT2D eigenvalue weighted by atomic mass is 9.99. The molecule has 1 heterocycles. The summed E-state index contributed by atoms with van der Waals surface area (Å²) in [5.74, 6) is 0.350. The van der Waals surface area contributed by atoms with Gasteiger partial charge in [-0.3, -0.25) is 4.79 Å². The van der Waals surface area contributed by atoms with E-state index in [9.17, 15) is 9.59 Å². The van der Waals surface area contributed by atoms with Crippen LogP contribution in [0.15, 0.2) is 24.3 Å². The summed E-state index contributed by atoms with van der Waals surface area (Å²) < 4.78 is 0. The molecule has 1 atom stereocenters. The maximum Gasteiger partial charge on any atom is 0.316 e. The van der Waals surface area contributed by atoms with Gasteiger partial charge in [-0.15, -0.1) is 12.4 Å². The Labute approximate surface area is 130 Å². The van der Waals surface area contributed by atoms with Crippen molar-refractivity contribution in [2.24, 2.45) is 11.7 Å². The summed E-state index contributed by atoms with van der Waals surface area (Å²) in [4.78, 5) is 22.8. The Bertz CT molecular complexity index is 490. The highest BCUT2D eigenvalue weighted by Crippen LogP contribution is 2.12. The number of carbonyl (C=O) groups is 2. The Morgan fingerprint density at radius 1 is 1.38 bits per heavy atom. The van der Waals surface area contributed by atoms with Crippen molar-refractivity contribution < 1.29 is 9.59 Å². The summed E-state index contributed by atoms with van der Waals surface area (Å²) >= 11 is 0. The minimum Gasteiger partial charge on any atom is -0.352 e. The monoisotopic (exact) mass is 312 g/mol. The number of halogens is 1. The topological polar surface area (TPSA) is 96.2 Å². The molecule has 1 aromatic rings. The number of nitrogens with two attached hydrogens (primary N) is 1. The van der Waals surface area contributed by atoms with Crippen molar-refractivity contribution in [3.05, 3.63) is 29.8 Å². The van der Waals surface area contributed by atoms with E-state index in [4.69, 9.17) is 5.73 Å². The third kappa shape index (κ3) is 5.61. The molecule has 7 heteroatoms. The first-order chi connectivity index (χ1) is 9.65. The van der Waals surface area contributed by atoms with E-state index in [1.54, 1.807) is 24.3 Å². The molecule has 5 N–H and O–H groups in total. The van der Waals surface area contributed by atoms with Gasteiger partial charge >= 0.3 is 6.03 Å². The summed E-state index contributed by atoms with van der Waals surface area (Å²) in [7, 11) is 0. The number of anilines is 1. The molecule has 1 aliphatic rings. The average molecular weight is 313 g/mol. The van der Waals surface area contributed by atoms with E-state index in [0.717, 1.165) is 25.9 Å². The molecule has 1 aromatic carbocycles. The van der Waals surface area contributed by atoms with E-state index < -0.39 is 6.03 Å². The molecule has 0 bridgehead atoms. The van der Waals surface area contributed by atoms with Gasteiger partial charge in [0.25, 0.3) is 5.91 Å².